The van der Waals surface area contributed by atoms with E-state index in [9.17, 15) is 0 Å². The molecule has 1 aliphatic carbocycles. The fourth-order valence-corrected chi connectivity index (χ4v) is 2.84. The maximum Gasteiger partial charge on any atom is 0.0853 e. The summed E-state index contributed by atoms with van der Waals surface area (Å²) in [5.41, 5.74) is 5.06. The van der Waals surface area contributed by atoms with Gasteiger partial charge in [-0.2, -0.15) is 10.2 Å². The second kappa shape index (κ2) is 6.02. The van der Waals surface area contributed by atoms with E-state index >= 15 is 0 Å². The molecule has 0 unspecified atom stereocenters. The topological polar surface area (TPSA) is 47.7 Å². The van der Waals surface area contributed by atoms with Crippen LogP contribution < -0.4 is 5.32 Å². The van der Waals surface area contributed by atoms with Gasteiger partial charge in [0, 0.05) is 37.1 Å². The average Bonchev–Trinajstić information content (AvgIpc) is 3.13. The number of nitrogens with zero attached hydrogens (tertiary/aromatic N) is 4. The third kappa shape index (κ3) is 3.18. The van der Waals surface area contributed by atoms with Crippen molar-refractivity contribution in [1.82, 2.24) is 24.9 Å². The first-order valence-electron chi connectivity index (χ1n) is 8.00. The van der Waals surface area contributed by atoms with Crippen LogP contribution in [0.2, 0.25) is 0 Å². The van der Waals surface area contributed by atoms with Gasteiger partial charge >= 0.3 is 0 Å². The maximum absolute atomic E-state index is 4.83. The lowest BCUT2D eigenvalue weighted by atomic mass is 10.1. The van der Waals surface area contributed by atoms with Gasteiger partial charge in [-0.1, -0.05) is 13.8 Å². The molecule has 1 fully saturated rings. The van der Waals surface area contributed by atoms with Crippen molar-refractivity contribution in [1.29, 1.82) is 0 Å². The number of aromatic nitrogens is 4. The van der Waals surface area contributed by atoms with Gasteiger partial charge in [0.25, 0.3) is 0 Å². The van der Waals surface area contributed by atoms with Crippen molar-refractivity contribution in [2.75, 3.05) is 0 Å². The minimum absolute atomic E-state index is 0.735. The van der Waals surface area contributed by atoms with E-state index in [1.54, 1.807) is 0 Å². The third-order valence-electron chi connectivity index (χ3n) is 4.14. The molecule has 0 spiro atoms. The first kappa shape index (κ1) is 14.3. The van der Waals surface area contributed by atoms with Crippen molar-refractivity contribution in [2.24, 2.45) is 7.05 Å². The molecule has 0 aromatic carbocycles. The largest absolute Gasteiger partial charge is 0.310 e. The highest BCUT2D eigenvalue weighted by atomic mass is 15.3. The van der Waals surface area contributed by atoms with E-state index in [1.165, 1.54) is 29.8 Å². The van der Waals surface area contributed by atoms with Crippen LogP contribution in [0, 0.1) is 0 Å². The molecular formula is C16H25N5. The van der Waals surface area contributed by atoms with Crippen LogP contribution in [0.5, 0.6) is 0 Å². The van der Waals surface area contributed by atoms with Crippen LogP contribution in [-0.4, -0.2) is 25.6 Å². The molecule has 3 rings (SSSR count). The van der Waals surface area contributed by atoms with Gasteiger partial charge in [-0.05, 0) is 31.7 Å². The van der Waals surface area contributed by atoms with Crippen LogP contribution >= 0.6 is 0 Å². The van der Waals surface area contributed by atoms with E-state index in [-0.39, 0.29) is 0 Å². The number of hydrogen-bond acceptors (Lipinski definition) is 3. The van der Waals surface area contributed by atoms with Crippen LogP contribution in [0.4, 0.5) is 0 Å². The van der Waals surface area contributed by atoms with E-state index in [2.05, 4.69) is 35.0 Å². The number of rotatable bonds is 7. The molecule has 0 atom stereocenters. The Morgan fingerprint density at radius 2 is 2.05 bits per heavy atom. The van der Waals surface area contributed by atoms with E-state index in [1.807, 2.05) is 17.9 Å². The molecule has 2 heterocycles. The Morgan fingerprint density at radius 1 is 1.24 bits per heavy atom. The fraction of sp³-hybridized carbons (Fsp3) is 0.625. The molecule has 1 saturated carbocycles. The molecule has 2 aromatic heterocycles. The Morgan fingerprint density at radius 3 is 2.62 bits per heavy atom. The fourth-order valence-electron chi connectivity index (χ4n) is 2.84. The van der Waals surface area contributed by atoms with Gasteiger partial charge in [-0.3, -0.25) is 9.36 Å². The first-order valence-corrected chi connectivity index (χ1v) is 8.00. The molecule has 0 radical (unpaired) electrons. The SMILES string of the molecule is CCc1nn(Cc2ccn(C)n2)c(CC)c1CNC1CC1. The Balaban J connectivity index is 1.84. The summed E-state index contributed by atoms with van der Waals surface area (Å²) in [6, 6.07) is 2.80. The van der Waals surface area contributed by atoms with Gasteiger partial charge in [0.15, 0.2) is 0 Å². The van der Waals surface area contributed by atoms with Gasteiger partial charge in [-0.15, -0.1) is 0 Å². The normalized spacial score (nSPS) is 14.8. The Kier molecular flexibility index (Phi) is 4.10. The monoisotopic (exact) mass is 287 g/mol. The number of hydrogen-bond donors (Lipinski definition) is 1. The van der Waals surface area contributed by atoms with Crippen molar-refractivity contribution in [3.8, 4) is 0 Å². The van der Waals surface area contributed by atoms with Crippen LogP contribution in [0.1, 0.15) is 49.3 Å². The summed E-state index contributed by atoms with van der Waals surface area (Å²) in [5, 5.41) is 12.9. The van der Waals surface area contributed by atoms with Crippen LogP contribution in [-0.2, 0) is 33.0 Å². The zero-order valence-corrected chi connectivity index (χ0v) is 13.3. The molecular weight excluding hydrogens is 262 g/mol. The van der Waals surface area contributed by atoms with Crippen molar-refractivity contribution in [3.63, 3.8) is 0 Å². The van der Waals surface area contributed by atoms with Crippen molar-refractivity contribution in [2.45, 2.75) is 58.7 Å². The van der Waals surface area contributed by atoms with E-state index in [0.29, 0.717) is 0 Å². The summed E-state index contributed by atoms with van der Waals surface area (Å²) in [4.78, 5) is 0. The highest BCUT2D eigenvalue weighted by molar-refractivity contribution is 5.27. The van der Waals surface area contributed by atoms with Crippen molar-refractivity contribution < 1.29 is 0 Å². The minimum atomic E-state index is 0.735. The molecule has 0 saturated heterocycles. The summed E-state index contributed by atoms with van der Waals surface area (Å²) < 4.78 is 3.99. The molecule has 0 bridgehead atoms. The van der Waals surface area contributed by atoms with E-state index in [0.717, 1.165) is 37.7 Å². The van der Waals surface area contributed by atoms with Crippen molar-refractivity contribution >= 4 is 0 Å². The van der Waals surface area contributed by atoms with Crippen molar-refractivity contribution in [3.05, 3.63) is 34.9 Å². The van der Waals surface area contributed by atoms with Crippen LogP contribution in [0.3, 0.4) is 0 Å². The lowest BCUT2D eigenvalue weighted by Crippen LogP contribution is -2.17. The highest BCUT2D eigenvalue weighted by Gasteiger charge is 2.22. The van der Waals surface area contributed by atoms with Gasteiger partial charge in [-0.25, -0.2) is 0 Å². The molecule has 0 aliphatic heterocycles. The standard InChI is InChI=1S/C16H25N5/c1-4-15-14(10-17-12-6-7-12)16(5-2)21(19-15)11-13-8-9-20(3)18-13/h8-9,12,17H,4-7,10-11H2,1-3H3. The predicted molar refractivity (Wildman–Crippen MR) is 83.2 cm³/mol. The van der Waals surface area contributed by atoms with Gasteiger partial charge in [0.1, 0.15) is 0 Å². The maximum atomic E-state index is 4.83. The molecule has 5 heteroatoms. The molecule has 2 aromatic rings. The molecule has 0 amide bonds. The summed E-state index contributed by atoms with van der Waals surface area (Å²) in [6.45, 7) is 6.12. The first-order chi connectivity index (χ1) is 10.2. The molecule has 1 N–H and O–H groups in total. The van der Waals surface area contributed by atoms with Gasteiger partial charge in [0.05, 0.1) is 17.9 Å². The summed E-state index contributed by atoms with van der Waals surface area (Å²) >= 11 is 0. The number of nitrogens with one attached hydrogen (secondary N) is 1. The van der Waals surface area contributed by atoms with Crippen LogP contribution in [0.25, 0.3) is 0 Å². The Labute approximate surface area is 126 Å². The summed E-state index contributed by atoms with van der Waals surface area (Å²) in [7, 11) is 1.95. The molecule has 114 valence electrons. The molecule has 1 aliphatic rings. The smallest absolute Gasteiger partial charge is 0.0853 e. The quantitative estimate of drug-likeness (QED) is 0.848. The predicted octanol–water partition coefficient (Wildman–Crippen LogP) is 2.04. The van der Waals surface area contributed by atoms with Crippen LogP contribution in [0.15, 0.2) is 12.3 Å². The second-order valence-electron chi connectivity index (χ2n) is 5.87. The highest BCUT2D eigenvalue weighted by Crippen LogP contribution is 2.22. The summed E-state index contributed by atoms with van der Waals surface area (Å²) in [6.07, 6.45) is 6.64. The lowest BCUT2D eigenvalue weighted by molar-refractivity contribution is 0.613. The zero-order chi connectivity index (χ0) is 14.8. The third-order valence-corrected chi connectivity index (χ3v) is 4.14. The number of aryl methyl sites for hydroxylation is 2. The summed E-state index contributed by atoms with van der Waals surface area (Å²) in [5.74, 6) is 0. The van der Waals surface area contributed by atoms with Gasteiger partial charge < -0.3 is 5.32 Å². The minimum Gasteiger partial charge on any atom is -0.310 e. The van der Waals surface area contributed by atoms with E-state index < -0.39 is 0 Å². The van der Waals surface area contributed by atoms with E-state index in [4.69, 9.17) is 5.10 Å². The second-order valence-corrected chi connectivity index (χ2v) is 5.87. The average molecular weight is 287 g/mol. The zero-order valence-electron chi connectivity index (χ0n) is 13.3. The van der Waals surface area contributed by atoms with Gasteiger partial charge in [0.2, 0.25) is 0 Å². The molecule has 5 nitrogen and oxygen atoms in total. The Bertz CT molecular complexity index is 606. The lowest BCUT2D eigenvalue weighted by Gasteiger charge is -2.08. The molecule has 21 heavy (non-hydrogen) atoms. The Hall–Kier alpha value is -1.62.